The number of methoxy groups -OCH3 is 2. The van der Waals surface area contributed by atoms with Crippen LogP contribution < -0.4 is 14.2 Å². The average molecular weight is 724 g/mol. The molecule has 1 spiro atoms. The second-order valence-corrected chi connectivity index (χ2v) is 16.5. The average Bonchev–Trinajstić information content (AvgIpc) is 3.59. The molecule has 3 aliphatic heterocycles. The standard InChI is InChI=1S/C43H53N3O7/c1-23(2)12-11-17-41(8)18-16-28-35(52-41)27(14-13-24(3)4)37-31(36(28)50-9)33-32-34(46-21-20-44-40(46)45-33)29-22-30(25(5)6)43(32,53-37)42(49,38(29)47)19-15-26(7)39(48)51-10/h12-13,15-16,18,20-21,25,29-30,32,34,49H,11,14,17,19,22H2,1-10H3. The molecule has 10 nitrogen and oxygen atoms in total. The van der Waals surface area contributed by atoms with Crippen LogP contribution in [0.15, 0.2) is 58.4 Å². The Kier molecular flexibility index (Phi) is 9.15. The number of ether oxygens (including phenoxy) is 4. The fourth-order valence-electron chi connectivity index (χ4n) is 9.71. The predicted molar refractivity (Wildman–Crippen MR) is 204 cm³/mol. The van der Waals surface area contributed by atoms with Gasteiger partial charge in [-0.3, -0.25) is 4.79 Å². The van der Waals surface area contributed by atoms with E-state index in [2.05, 4.69) is 77.8 Å². The molecule has 7 atom stereocenters. The SMILES string of the molecule is COC(=O)C(C)=CCC1(O)C(=O)C2CC(C(C)C)C13Oc1c(CC=C(C)C)c4c(c(OC)c1C1=Nc5nccn5C2C13)C=CC(C)(CCC=C(C)C)O4. The lowest BCUT2D eigenvalue weighted by molar-refractivity contribution is -0.247. The van der Waals surface area contributed by atoms with Crippen molar-refractivity contribution in [2.24, 2.45) is 28.7 Å². The molecule has 6 aliphatic rings. The van der Waals surface area contributed by atoms with E-state index < -0.39 is 40.7 Å². The molecule has 0 radical (unpaired) electrons. The van der Waals surface area contributed by atoms with Gasteiger partial charge in [-0.15, -0.1) is 0 Å². The second-order valence-electron chi connectivity index (χ2n) is 16.5. The number of aliphatic imine (C=N–C) groups is 1. The van der Waals surface area contributed by atoms with Crippen molar-refractivity contribution in [3.05, 3.63) is 70.1 Å². The maximum absolute atomic E-state index is 15.0. The van der Waals surface area contributed by atoms with E-state index in [1.807, 2.05) is 10.8 Å². The second kappa shape index (κ2) is 13.1. The van der Waals surface area contributed by atoms with E-state index in [-0.39, 0.29) is 24.0 Å². The summed E-state index contributed by atoms with van der Waals surface area (Å²) in [5, 5.41) is 13.3. The number of benzene rings is 1. The molecule has 3 fully saturated rings. The Balaban J connectivity index is 1.55. The van der Waals surface area contributed by atoms with Crippen molar-refractivity contribution < 1.29 is 33.6 Å². The Morgan fingerprint density at radius 3 is 2.49 bits per heavy atom. The molecule has 4 heterocycles. The van der Waals surface area contributed by atoms with Crippen molar-refractivity contribution in [2.75, 3.05) is 14.2 Å². The topological polar surface area (TPSA) is 121 Å². The zero-order valence-electron chi connectivity index (χ0n) is 32.7. The van der Waals surface area contributed by atoms with Crippen LogP contribution in [0.4, 0.5) is 5.95 Å². The van der Waals surface area contributed by atoms with Crippen LogP contribution >= 0.6 is 0 Å². The third-order valence-electron chi connectivity index (χ3n) is 12.2. The van der Waals surface area contributed by atoms with Gasteiger partial charge in [-0.1, -0.05) is 43.2 Å². The molecule has 2 aromatic rings. The number of fused-ring (bicyclic) bond motifs is 6. The Bertz CT molecular complexity index is 2030. The summed E-state index contributed by atoms with van der Waals surface area (Å²) in [6.45, 7) is 16.3. The number of rotatable bonds is 10. The van der Waals surface area contributed by atoms with Gasteiger partial charge in [-0.05, 0) is 85.3 Å². The third kappa shape index (κ3) is 5.45. The minimum Gasteiger partial charge on any atom is -0.495 e. The summed E-state index contributed by atoms with van der Waals surface area (Å²) in [5.41, 5.74) is 1.61. The van der Waals surface area contributed by atoms with Crippen LogP contribution in [0.5, 0.6) is 17.2 Å². The Hall–Kier alpha value is -4.44. The minimum absolute atomic E-state index is 0.0223. The van der Waals surface area contributed by atoms with Gasteiger partial charge in [-0.25, -0.2) is 14.8 Å². The van der Waals surface area contributed by atoms with Crippen molar-refractivity contribution in [2.45, 2.75) is 110 Å². The molecule has 2 bridgehead atoms. The van der Waals surface area contributed by atoms with Gasteiger partial charge in [0.2, 0.25) is 5.95 Å². The fourth-order valence-corrected chi connectivity index (χ4v) is 9.71. The molecule has 1 aromatic heterocycles. The first kappa shape index (κ1) is 36.9. The molecular weight excluding hydrogens is 670 g/mol. The molecule has 282 valence electrons. The maximum Gasteiger partial charge on any atom is 0.333 e. The highest BCUT2D eigenvalue weighted by atomic mass is 16.5. The summed E-state index contributed by atoms with van der Waals surface area (Å²) in [6, 6.07) is -0.395. The number of hydrogen-bond acceptors (Lipinski definition) is 9. The summed E-state index contributed by atoms with van der Waals surface area (Å²) < 4.78 is 28.0. The number of carbonyl (C=O) groups excluding carboxylic acids is 2. The van der Waals surface area contributed by atoms with Crippen molar-refractivity contribution >= 4 is 29.5 Å². The molecular formula is C43H53N3O7. The summed E-state index contributed by atoms with van der Waals surface area (Å²) >= 11 is 0. The molecule has 1 aromatic carbocycles. The van der Waals surface area contributed by atoms with Crippen molar-refractivity contribution in [3.8, 4) is 17.2 Å². The maximum atomic E-state index is 15.0. The zero-order valence-corrected chi connectivity index (χ0v) is 32.7. The van der Waals surface area contributed by atoms with E-state index in [0.717, 1.165) is 29.5 Å². The molecule has 3 saturated carbocycles. The molecule has 7 unspecified atom stereocenters. The Morgan fingerprint density at radius 2 is 1.83 bits per heavy atom. The summed E-state index contributed by atoms with van der Waals surface area (Å²) in [5.74, 6) is 0.103. The van der Waals surface area contributed by atoms with Crippen molar-refractivity contribution in [1.29, 1.82) is 0 Å². The number of carbonyl (C=O) groups is 2. The van der Waals surface area contributed by atoms with E-state index in [4.69, 9.17) is 23.9 Å². The van der Waals surface area contributed by atoms with Crippen LogP contribution in [0.2, 0.25) is 0 Å². The largest absolute Gasteiger partial charge is 0.495 e. The van der Waals surface area contributed by atoms with E-state index in [9.17, 15) is 14.7 Å². The number of imidazole rings is 1. The number of aromatic nitrogens is 2. The Morgan fingerprint density at radius 1 is 1.09 bits per heavy atom. The van der Waals surface area contributed by atoms with Crippen molar-refractivity contribution in [3.63, 3.8) is 0 Å². The van der Waals surface area contributed by atoms with E-state index in [0.29, 0.717) is 52.9 Å². The van der Waals surface area contributed by atoms with Crippen LogP contribution in [0.25, 0.3) is 6.08 Å². The molecule has 0 saturated heterocycles. The number of esters is 1. The smallest absolute Gasteiger partial charge is 0.333 e. The van der Waals surface area contributed by atoms with Crippen LogP contribution in [0.1, 0.15) is 104 Å². The van der Waals surface area contributed by atoms with Gasteiger partial charge in [0.15, 0.2) is 17.0 Å². The lowest BCUT2D eigenvalue weighted by Crippen LogP contribution is -2.82. The highest BCUT2D eigenvalue weighted by molar-refractivity contribution is 6.14. The first-order chi connectivity index (χ1) is 25.1. The van der Waals surface area contributed by atoms with Gasteiger partial charge >= 0.3 is 5.97 Å². The Labute approximate surface area is 312 Å². The molecule has 1 N–H and O–H groups in total. The quantitative estimate of drug-likeness (QED) is 0.150. The number of aliphatic hydroxyl groups is 1. The fraction of sp³-hybridized carbons (Fsp3) is 0.535. The van der Waals surface area contributed by atoms with Crippen LogP contribution in [0, 0.1) is 23.7 Å². The summed E-state index contributed by atoms with van der Waals surface area (Å²) in [7, 11) is 2.97. The van der Waals surface area contributed by atoms with Gasteiger partial charge in [0.05, 0.1) is 43.0 Å². The first-order valence-corrected chi connectivity index (χ1v) is 18.9. The highest BCUT2D eigenvalue weighted by Gasteiger charge is 2.79. The molecule has 10 heteroatoms. The van der Waals surface area contributed by atoms with Crippen LogP contribution in [0.3, 0.4) is 0 Å². The number of hydrogen-bond donors (Lipinski definition) is 1. The third-order valence-corrected chi connectivity index (χ3v) is 12.2. The monoisotopic (exact) mass is 723 g/mol. The summed E-state index contributed by atoms with van der Waals surface area (Å²) in [4.78, 5) is 37.5. The lowest BCUT2D eigenvalue weighted by atomic mass is 9.43. The van der Waals surface area contributed by atoms with Crippen LogP contribution in [-0.4, -0.2) is 63.1 Å². The van der Waals surface area contributed by atoms with Crippen LogP contribution in [-0.2, 0) is 20.7 Å². The normalized spacial score (nSPS) is 30.2. The zero-order chi connectivity index (χ0) is 38.2. The van der Waals surface area contributed by atoms with E-state index in [1.165, 1.54) is 12.7 Å². The number of allylic oxidation sites excluding steroid dienone is 4. The van der Waals surface area contributed by atoms with Gasteiger partial charge < -0.3 is 28.6 Å². The molecule has 0 amide bonds. The number of Topliss-reactive ketones (excluding diaryl/α,β-unsaturated/α-hetero) is 1. The van der Waals surface area contributed by atoms with Gasteiger partial charge in [0.1, 0.15) is 22.8 Å². The van der Waals surface area contributed by atoms with Gasteiger partial charge in [0, 0.05) is 41.8 Å². The van der Waals surface area contributed by atoms with E-state index in [1.54, 1.807) is 26.3 Å². The summed E-state index contributed by atoms with van der Waals surface area (Å²) in [6.07, 6.45) is 16.3. The van der Waals surface area contributed by atoms with E-state index >= 15 is 0 Å². The molecule has 8 rings (SSSR count). The molecule has 53 heavy (non-hydrogen) atoms. The number of nitrogens with zero attached hydrogens (tertiary/aromatic N) is 3. The minimum atomic E-state index is -2.01. The number of ketones is 1. The lowest BCUT2D eigenvalue weighted by Gasteiger charge is -2.68. The highest BCUT2D eigenvalue weighted by Crippen LogP contribution is 2.68. The predicted octanol–water partition coefficient (Wildman–Crippen LogP) is 7.85. The van der Waals surface area contributed by atoms with Crippen molar-refractivity contribution in [1.82, 2.24) is 9.55 Å². The van der Waals surface area contributed by atoms with Gasteiger partial charge in [-0.2, -0.15) is 0 Å². The molecule has 3 aliphatic carbocycles. The first-order valence-electron chi connectivity index (χ1n) is 18.9. The van der Waals surface area contributed by atoms with Gasteiger partial charge in [0.25, 0.3) is 0 Å².